The van der Waals surface area contributed by atoms with E-state index in [0.29, 0.717) is 11.3 Å². The first-order valence-corrected chi connectivity index (χ1v) is 8.62. The highest BCUT2D eigenvalue weighted by Crippen LogP contribution is 2.47. The fourth-order valence-electron chi connectivity index (χ4n) is 2.98. The van der Waals surface area contributed by atoms with Crippen LogP contribution in [0.3, 0.4) is 0 Å². The van der Waals surface area contributed by atoms with E-state index in [9.17, 15) is 22.0 Å². The summed E-state index contributed by atoms with van der Waals surface area (Å²) in [5.41, 5.74) is 0.478. The molecule has 0 N–H and O–H groups in total. The highest BCUT2D eigenvalue weighted by molar-refractivity contribution is 5.36. The molecule has 1 fully saturated rings. The van der Waals surface area contributed by atoms with Crippen molar-refractivity contribution in [1.82, 2.24) is 25.0 Å². The Bertz CT molecular complexity index is 1000. The van der Waals surface area contributed by atoms with Crippen LogP contribution in [0.15, 0.2) is 36.8 Å². The van der Waals surface area contributed by atoms with Gasteiger partial charge in [0.2, 0.25) is 5.92 Å². The average Bonchev–Trinajstić information content (AvgIpc) is 3.14. The van der Waals surface area contributed by atoms with E-state index in [-0.39, 0.29) is 37.1 Å². The van der Waals surface area contributed by atoms with E-state index in [4.69, 9.17) is 4.74 Å². The van der Waals surface area contributed by atoms with Crippen LogP contribution in [-0.2, 0) is 6.61 Å². The number of rotatable bonds is 6. The predicted octanol–water partition coefficient (Wildman–Crippen LogP) is 4.23. The molecule has 1 aromatic carbocycles. The lowest BCUT2D eigenvalue weighted by molar-refractivity contribution is -0.0868. The fourth-order valence-corrected chi connectivity index (χ4v) is 2.98. The zero-order chi connectivity index (χ0) is 20.6. The molecule has 0 unspecified atom stereocenters. The number of nitrogens with zero attached hydrogens (tertiary/aromatic N) is 5. The molecule has 1 saturated carbocycles. The molecule has 6 nitrogen and oxygen atoms in total. The molecule has 0 spiro atoms. The maximum Gasteiger partial charge on any atom is 0.316 e. The van der Waals surface area contributed by atoms with Crippen LogP contribution < -0.4 is 4.74 Å². The Hall–Kier alpha value is -3.11. The Morgan fingerprint density at radius 1 is 1.17 bits per heavy atom. The van der Waals surface area contributed by atoms with Gasteiger partial charge in [0.15, 0.2) is 0 Å². The second-order valence-corrected chi connectivity index (χ2v) is 6.71. The van der Waals surface area contributed by atoms with Gasteiger partial charge in [0, 0.05) is 25.2 Å². The number of hydrogen-bond donors (Lipinski definition) is 0. The summed E-state index contributed by atoms with van der Waals surface area (Å²) in [4.78, 5) is 7.98. The van der Waals surface area contributed by atoms with Crippen LogP contribution in [0.2, 0.25) is 0 Å². The van der Waals surface area contributed by atoms with Gasteiger partial charge in [-0.1, -0.05) is 5.21 Å². The van der Waals surface area contributed by atoms with Crippen molar-refractivity contribution in [3.8, 4) is 11.7 Å². The summed E-state index contributed by atoms with van der Waals surface area (Å²) in [7, 11) is 0. The number of aromatic nitrogens is 5. The minimum absolute atomic E-state index is 0.0381. The van der Waals surface area contributed by atoms with E-state index in [1.807, 2.05) is 0 Å². The first-order chi connectivity index (χ1) is 13.8. The second kappa shape index (κ2) is 7.37. The molecule has 0 atom stereocenters. The largest absolute Gasteiger partial charge is 0.457 e. The number of hydrogen-bond acceptors (Lipinski definition) is 5. The molecule has 152 valence electrons. The summed E-state index contributed by atoms with van der Waals surface area (Å²) in [6.45, 7) is -0.0518. The summed E-state index contributed by atoms with van der Waals surface area (Å²) in [5.74, 6) is -3.88. The first-order valence-electron chi connectivity index (χ1n) is 8.62. The van der Waals surface area contributed by atoms with Crippen molar-refractivity contribution in [2.45, 2.75) is 37.7 Å². The topological polar surface area (TPSA) is 65.7 Å². The number of alkyl halides is 4. The number of ether oxygens (including phenoxy) is 1. The van der Waals surface area contributed by atoms with Crippen LogP contribution in [0.5, 0.6) is 6.01 Å². The Balaban J connectivity index is 1.38. The van der Waals surface area contributed by atoms with Crippen LogP contribution in [0.4, 0.5) is 22.0 Å². The summed E-state index contributed by atoms with van der Waals surface area (Å²) < 4.78 is 71.5. The van der Waals surface area contributed by atoms with Crippen molar-refractivity contribution in [2.24, 2.45) is 0 Å². The van der Waals surface area contributed by atoms with Gasteiger partial charge in [-0.3, -0.25) is 0 Å². The maximum atomic E-state index is 13.4. The van der Waals surface area contributed by atoms with Gasteiger partial charge >= 0.3 is 6.01 Å². The van der Waals surface area contributed by atoms with E-state index in [0.717, 1.165) is 12.1 Å². The lowest BCUT2D eigenvalue weighted by Crippen LogP contribution is -2.33. The SMILES string of the molecule is Fc1ccc(-n2cc(COc3ncc(C4CC(F)(F)C4)cn3)nn2)cc1C(F)F. The molecule has 3 aromatic rings. The van der Waals surface area contributed by atoms with Crippen molar-refractivity contribution in [2.75, 3.05) is 0 Å². The predicted molar refractivity (Wildman–Crippen MR) is 89.6 cm³/mol. The molecule has 1 aliphatic rings. The van der Waals surface area contributed by atoms with Crippen molar-refractivity contribution < 1.29 is 26.7 Å². The highest BCUT2D eigenvalue weighted by Gasteiger charge is 2.46. The van der Waals surface area contributed by atoms with Gasteiger partial charge in [0.05, 0.1) is 17.4 Å². The molecular formula is C18H14F5N5O. The fraction of sp³-hybridized carbons (Fsp3) is 0.333. The number of benzene rings is 1. The summed E-state index contributed by atoms with van der Waals surface area (Å²) >= 11 is 0. The monoisotopic (exact) mass is 411 g/mol. The van der Waals surface area contributed by atoms with Crippen LogP contribution in [0, 0.1) is 5.82 Å². The molecule has 29 heavy (non-hydrogen) atoms. The van der Waals surface area contributed by atoms with E-state index in [2.05, 4.69) is 20.3 Å². The van der Waals surface area contributed by atoms with Gasteiger partial charge in [0.1, 0.15) is 18.1 Å². The van der Waals surface area contributed by atoms with Crippen molar-refractivity contribution in [3.63, 3.8) is 0 Å². The van der Waals surface area contributed by atoms with Gasteiger partial charge in [-0.25, -0.2) is 36.6 Å². The lowest BCUT2D eigenvalue weighted by atomic mass is 9.78. The van der Waals surface area contributed by atoms with Gasteiger partial charge in [-0.2, -0.15) is 0 Å². The van der Waals surface area contributed by atoms with E-state index in [1.54, 1.807) is 0 Å². The average molecular weight is 411 g/mol. The van der Waals surface area contributed by atoms with Crippen molar-refractivity contribution in [3.05, 3.63) is 59.4 Å². The van der Waals surface area contributed by atoms with E-state index >= 15 is 0 Å². The zero-order valence-corrected chi connectivity index (χ0v) is 14.8. The van der Waals surface area contributed by atoms with Crippen molar-refractivity contribution in [1.29, 1.82) is 0 Å². The van der Waals surface area contributed by atoms with Gasteiger partial charge in [-0.05, 0) is 29.7 Å². The number of halogens is 5. The molecule has 11 heteroatoms. The molecule has 4 rings (SSSR count). The molecule has 0 bridgehead atoms. The molecule has 0 aliphatic heterocycles. The Morgan fingerprint density at radius 2 is 1.90 bits per heavy atom. The summed E-state index contributed by atoms with van der Waals surface area (Å²) in [5, 5.41) is 7.66. The molecule has 0 saturated heterocycles. The third-order valence-corrected chi connectivity index (χ3v) is 4.58. The Labute approximate surface area is 161 Å². The summed E-state index contributed by atoms with van der Waals surface area (Å²) in [6, 6.07) is 3.26. The minimum Gasteiger partial charge on any atom is -0.457 e. The molecule has 0 radical (unpaired) electrons. The lowest BCUT2D eigenvalue weighted by Gasteiger charge is -2.34. The van der Waals surface area contributed by atoms with E-state index < -0.39 is 23.7 Å². The van der Waals surface area contributed by atoms with Gasteiger partial charge < -0.3 is 4.74 Å². The van der Waals surface area contributed by atoms with E-state index in [1.165, 1.54) is 29.3 Å². The first kappa shape index (κ1) is 19.2. The molecular weight excluding hydrogens is 397 g/mol. The van der Waals surface area contributed by atoms with Crippen LogP contribution in [0.1, 0.15) is 42.0 Å². The Morgan fingerprint density at radius 3 is 2.55 bits per heavy atom. The summed E-state index contributed by atoms with van der Waals surface area (Å²) in [6.07, 6.45) is 0.958. The van der Waals surface area contributed by atoms with Gasteiger partial charge in [-0.15, -0.1) is 5.10 Å². The van der Waals surface area contributed by atoms with Crippen LogP contribution in [0.25, 0.3) is 5.69 Å². The zero-order valence-electron chi connectivity index (χ0n) is 14.8. The quantitative estimate of drug-likeness (QED) is 0.568. The van der Waals surface area contributed by atoms with Crippen LogP contribution >= 0.6 is 0 Å². The smallest absolute Gasteiger partial charge is 0.316 e. The highest BCUT2D eigenvalue weighted by atomic mass is 19.3. The normalized spacial score (nSPS) is 16.1. The molecule has 2 aromatic heterocycles. The third-order valence-electron chi connectivity index (χ3n) is 4.58. The minimum atomic E-state index is -2.95. The van der Waals surface area contributed by atoms with Gasteiger partial charge in [0.25, 0.3) is 6.43 Å². The molecule has 2 heterocycles. The molecule has 0 amide bonds. The second-order valence-electron chi connectivity index (χ2n) is 6.71. The van der Waals surface area contributed by atoms with Crippen LogP contribution in [-0.4, -0.2) is 30.9 Å². The third kappa shape index (κ3) is 4.17. The Kier molecular flexibility index (Phi) is 4.89. The van der Waals surface area contributed by atoms with Crippen molar-refractivity contribution >= 4 is 0 Å². The molecule has 1 aliphatic carbocycles. The maximum absolute atomic E-state index is 13.4. The standard InChI is InChI=1S/C18H14F5N5O/c19-15-2-1-13(3-14(15)16(20)21)28-8-12(26-27-28)9-29-17-24-6-11(7-25-17)10-4-18(22,23)5-10/h1-3,6-8,10,16H,4-5,9H2.